The highest BCUT2D eigenvalue weighted by Gasteiger charge is 2.20. The van der Waals surface area contributed by atoms with Gasteiger partial charge in [0, 0.05) is 36.3 Å². The lowest BCUT2D eigenvalue weighted by Gasteiger charge is -2.34. The Morgan fingerprint density at radius 2 is 1.84 bits per heavy atom. The average molecular weight is 326 g/mol. The summed E-state index contributed by atoms with van der Waals surface area (Å²) in [7, 11) is 0. The van der Waals surface area contributed by atoms with Crippen LogP contribution in [0.3, 0.4) is 0 Å². The Kier molecular flexibility index (Phi) is 5.22. The van der Waals surface area contributed by atoms with Crippen LogP contribution in [0.5, 0.6) is 0 Å². The van der Waals surface area contributed by atoms with E-state index in [1.807, 2.05) is 29.2 Å². The predicted octanol–water partition coefficient (Wildman–Crippen LogP) is 3.01. The van der Waals surface area contributed by atoms with Crippen LogP contribution in [-0.4, -0.2) is 48.6 Å². The molecule has 1 aliphatic heterocycles. The van der Waals surface area contributed by atoms with Gasteiger partial charge in [-0.25, -0.2) is 4.79 Å². The van der Waals surface area contributed by atoms with Crippen molar-refractivity contribution < 1.29 is 4.79 Å². The van der Waals surface area contributed by atoms with E-state index in [1.165, 1.54) is 6.42 Å². The van der Waals surface area contributed by atoms with Crippen molar-refractivity contribution in [3.05, 3.63) is 28.7 Å². The molecule has 2 rings (SSSR count). The first kappa shape index (κ1) is 14.3. The lowest BCUT2D eigenvalue weighted by atomic mass is 10.3. The Morgan fingerprint density at radius 1 is 1.21 bits per heavy atom. The van der Waals surface area contributed by atoms with Gasteiger partial charge in [-0.2, -0.15) is 0 Å². The molecule has 1 heterocycles. The number of rotatable bonds is 3. The van der Waals surface area contributed by atoms with Crippen molar-refractivity contribution in [2.45, 2.75) is 13.3 Å². The molecule has 0 radical (unpaired) electrons. The molecule has 1 aliphatic rings. The van der Waals surface area contributed by atoms with Crippen LogP contribution in [-0.2, 0) is 0 Å². The molecule has 1 fully saturated rings. The summed E-state index contributed by atoms with van der Waals surface area (Å²) in [4.78, 5) is 16.4. The van der Waals surface area contributed by atoms with Crippen LogP contribution in [0.2, 0.25) is 0 Å². The lowest BCUT2D eigenvalue weighted by molar-refractivity contribution is 0.147. The summed E-state index contributed by atoms with van der Waals surface area (Å²) in [6.07, 6.45) is 1.17. The number of anilines is 1. The molecule has 5 heteroatoms. The van der Waals surface area contributed by atoms with Crippen molar-refractivity contribution in [3.63, 3.8) is 0 Å². The number of benzene rings is 1. The fourth-order valence-electron chi connectivity index (χ4n) is 2.23. The van der Waals surface area contributed by atoms with Crippen LogP contribution in [0.25, 0.3) is 0 Å². The molecular formula is C14H20BrN3O. The first-order valence-corrected chi connectivity index (χ1v) is 7.52. The zero-order chi connectivity index (χ0) is 13.7. The third-order valence-electron chi connectivity index (χ3n) is 3.29. The van der Waals surface area contributed by atoms with Gasteiger partial charge in [0.25, 0.3) is 0 Å². The monoisotopic (exact) mass is 325 g/mol. The molecule has 0 unspecified atom stereocenters. The van der Waals surface area contributed by atoms with Crippen LogP contribution in [0.4, 0.5) is 10.5 Å². The fraction of sp³-hybridized carbons (Fsp3) is 0.500. The summed E-state index contributed by atoms with van der Waals surface area (Å²) >= 11 is 3.38. The highest BCUT2D eigenvalue weighted by Crippen LogP contribution is 2.15. The quantitative estimate of drug-likeness (QED) is 0.927. The zero-order valence-corrected chi connectivity index (χ0v) is 12.8. The second kappa shape index (κ2) is 6.91. The van der Waals surface area contributed by atoms with Crippen LogP contribution in [0.15, 0.2) is 28.7 Å². The number of nitrogens with one attached hydrogen (secondary N) is 1. The SMILES string of the molecule is CCCN1CCN(C(=O)Nc2ccc(Br)cc2)CC1. The van der Waals surface area contributed by atoms with E-state index in [9.17, 15) is 4.79 Å². The minimum Gasteiger partial charge on any atom is -0.322 e. The second-order valence-corrected chi connectivity index (χ2v) is 5.68. The maximum absolute atomic E-state index is 12.1. The largest absolute Gasteiger partial charge is 0.322 e. The van der Waals surface area contributed by atoms with E-state index in [-0.39, 0.29) is 6.03 Å². The highest BCUT2D eigenvalue weighted by molar-refractivity contribution is 9.10. The van der Waals surface area contributed by atoms with E-state index in [0.29, 0.717) is 0 Å². The molecule has 1 N–H and O–H groups in total. The van der Waals surface area contributed by atoms with Gasteiger partial charge in [-0.05, 0) is 37.2 Å². The Morgan fingerprint density at radius 3 is 2.42 bits per heavy atom. The van der Waals surface area contributed by atoms with Crippen molar-refractivity contribution in [3.8, 4) is 0 Å². The number of urea groups is 1. The topological polar surface area (TPSA) is 35.6 Å². The van der Waals surface area contributed by atoms with Crippen LogP contribution in [0, 0.1) is 0 Å². The van der Waals surface area contributed by atoms with Crippen molar-refractivity contribution in [2.75, 3.05) is 38.0 Å². The van der Waals surface area contributed by atoms with Crippen LogP contribution in [0.1, 0.15) is 13.3 Å². The first-order valence-electron chi connectivity index (χ1n) is 6.73. The first-order chi connectivity index (χ1) is 9.19. The van der Waals surface area contributed by atoms with Gasteiger partial charge >= 0.3 is 6.03 Å². The number of amides is 2. The van der Waals surface area contributed by atoms with Gasteiger partial charge in [0.15, 0.2) is 0 Å². The molecule has 4 nitrogen and oxygen atoms in total. The van der Waals surface area contributed by atoms with E-state index in [1.54, 1.807) is 0 Å². The van der Waals surface area contributed by atoms with Gasteiger partial charge in [0.05, 0.1) is 0 Å². The van der Waals surface area contributed by atoms with Gasteiger partial charge in [-0.1, -0.05) is 22.9 Å². The molecule has 1 aromatic rings. The van der Waals surface area contributed by atoms with Crippen molar-refractivity contribution in [1.29, 1.82) is 0 Å². The summed E-state index contributed by atoms with van der Waals surface area (Å²) in [6.45, 7) is 6.88. The minimum absolute atomic E-state index is 0.00142. The molecule has 104 valence electrons. The molecule has 0 bridgehead atoms. The highest BCUT2D eigenvalue weighted by atomic mass is 79.9. The summed E-state index contributed by atoms with van der Waals surface area (Å²) in [5.41, 5.74) is 0.837. The maximum Gasteiger partial charge on any atom is 0.321 e. The molecule has 0 atom stereocenters. The molecule has 19 heavy (non-hydrogen) atoms. The fourth-order valence-corrected chi connectivity index (χ4v) is 2.49. The standard InChI is InChI=1S/C14H20BrN3O/c1-2-7-17-8-10-18(11-9-17)14(19)16-13-5-3-12(15)4-6-13/h3-6H,2,7-11H2,1H3,(H,16,19). The predicted molar refractivity (Wildman–Crippen MR) is 81.5 cm³/mol. The minimum atomic E-state index is -0.00142. The molecular weight excluding hydrogens is 306 g/mol. The Hall–Kier alpha value is -1.07. The average Bonchev–Trinajstić information content (AvgIpc) is 2.42. The molecule has 0 spiro atoms. The normalized spacial score (nSPS) is 16.4. The third kappa shape index (κ3) is 4.21. The summed E-state index contributed by atoms with van der Waals surface area (Å²) in [5, 5.41) is 2.93. The van der Waals surface area contributed by atoms with Gasteiger partial charge in [0.2, 0.25) is 0 Å². The number of hydrogen-bond acceptors (Lipinski definition) is 2. The summed E-state index contributed by atoms with van der Waals surface area (Å²) < 4.78 is 1.01. The van der Waals surface area contributed by atoms with Crippen molar-refractivity contribution >= 4 is 27.6 Å². The van der Waals surface area contributed by atoms with E-state index >= 15 is 0 Å². The number of carbonyl (C=O) groups excluding carboxylic acids is 1. The number of piperazine rings is 1. The summed E-state index contributed by atoms with van der Waals surface area (Å²) in [6, 6.07) is 7.65. The molecule has 0 aliphatic carbocycles. The molecule has 2 amide bonds. The Balaban J connectivity index is 1.83. The number of hydrogen-bond donors (Lipinski definition) is 1. The Bertz CT molecular complexity index is 413. The van der Waals surface area contributed by atoms with E-state index in [0.717, 1.165) is 42.9 Å². The molecule has 1 saturated heterocycles. The van der Waals surface area contributed by atoms with E-state index < -0.39 is 0 Å². The van der Waals surface area contributed by atoms with E-state index in [2.05, 4.69) is 33.1 Å². The zero-order valence-electron chi connectivity index (χ0n) is 11.2. The summed E-state index contributed by atoms with van der Waals surface area (Å²) in [5.74, 6) is 0. The van der Waals surface area contributed by atoms with Crippen LogP contribution < -0.4 is 5.32 Å². The van der Waals surface area contributed by atoms with Gasteiger partial charge in [-0.3, -0.25) is 4.90 Å². The molecule has 0 aromatic heterocycles. The van der Waals surface area contributed by atoms with Gasteiger partial charge in [0.1, 0.15) is 0 Å². The van der Waals surface area contributed by atoms with Gasteiger partial charge in [-0.15, -0.1) is 0 Å². The van der Waals surface area contributed by atoms with E-state index in [4.69, 9.17) is 0 Å². The smallest absolute Gasteiger partial charge is 0.321 e. The molecule has 0 saturated carbocycles. The van der Waals surface area contributed by atoms with Crippen LogP contribution >= 0.6 is 15.9 Å². The van der Waals surface area contributed by atoms with Crippen molar-refractivity contribution in [2.24, 2.45) is 0 Å². The Labute approximate surface area is 122 Å². The number of carbonyl (C=O) groups is 1. The maximum atomic E-state index is 12.1. The van der Waals surface area contributed by atoms with Gasteiger partial charge < -0.3 is 10.2 Å². The molecule has 1 aromatic carbocycles. The number of nitrogens with zero attached hydrogens (tertiary/aromatic N) is 2. The lowest BCUT2D eigenvalue weighted by Crippen LogP contribution is -2.50. The number of halogens is 1. The second-order valence-electron chi connectivity index (χ2n) is 4.77. The van der Waals surface area contributed by atoms with Crippen molar-refractivity contribution in [1.82, 2.24) is 9.80 Å². The third-order valence-corrected chi connectivity index (χ3v) is 3.82.